The van der Waals surface area contributed by atoms with Gasteiger partial charge in [-0.3, -0.25) is 9.59 Å². The lowest BCUT2D eigenvalue weighted by molar-refractivity contribution is 0.0787. The minimum absolute atomic E-state index is 0.0402. The summed E-state index contributed by atoms with van der Waals surface area (Å²) in [6, 6.07) is 6.28. The van der Waals surface area contributed by atoms with Gasteiger partial charge >= 0.3 is 0 Å². The Labute approximate surface area is 158 Å². The summed E-state index contributed by atoms with van der Waals surface area (Å²) >= 11 is 0. The third kappa shape index (κ3) is 2.99. The van der Waals surface area contributed by atoms with Crippen molar-refractivity contribution in [3.63, 3.8) is 0 Å². The highest BCUT2D eigenvalue weighted by atomic mass is 19.1. The van der Waals surface area contributed by atoms with E-state index in [9.17, 15) is 14.0 Å². The van der Waals surface area contributed by atoms with Gasteiger partial charge in [-0.25, -0.2) is 4.39 Å². The summed E-state index contributed by atoms with van der Waals surface area (Å²) in [5.41, 5.74) is 1.44. The zero-order valence-corrected chi connectivity index (χ0v) is 15.9. The van der Waals surface area contributed by atoms with E-state index in [0.29, 0.717) is 29.7 Å². The van der Waals surface area contributed by atoms with Crippen molar-refractivity contribution in [2.75, 3.05) is 0 Å². The number of rotatable bonds is 3. The van der Waals surface area contributed by atoms with Crippen LogP contribution >= 0.6 is 0 Å². The van der Waals surface area contributed by atoms with Gasteiger partial charge in [-0.05, 0) is 49.3 Å². The Morgan fingerprint density at radius 3 is 2.41 bits per heavy atom. The number of ketones is 1. The van der Waals surface area contributed by atoms with E-state index in [4.69, 9.17) is 4.42 Å². The molecule has 0 bridgehead atoms. The first-order valence-electron chi connectivity index (χ1n) is 9.45. The van der Waals surface area contributed by atoms with Gasteiger partial charge in [-0.15, -0.1) is 0 Å². The molecule has 1 fully saturated rings. The third-order valence-electron chi connectivity index (χ3n) is 5.94. The highest BCUT2D eigenvalue weighted by molar-refractivity contribution is 6.04. The molecule has 1 saturated carbocycles. The fourth-order valence-corrected chi connectivity index (χ4v) is 4.36. The van der Waals surface area contributed by atoms with Crippen LogP contribution in [0.2, 0.25) is 0 Å². The van der Waals surface area contributed by atoms with Crippen molar-refractivity contribution in [2.24, 2.45) is 5.41 Å². The molecular weight excluding hydrogens is 345 g/mol. The van der Waals surface area contributed by atoms with Crippen LogP contribution in [0.15, 0.2) is 28.7 Å². The van der Waals surface area contributed by atoms with Crippen molar-refractivity contribution in [1.82, 2.24) is 5.32 Å². The second kappa shape index (κ2) is 6.04. The second-order valence-corrected chi connectivity index (χ2v) is 8.69. The maximum absolute atomic E-state index is 13.3. The second-order valence-electron chi connectivity index (χ2n) is 8.69. The van der Waals surface area contributed by atoms with E-state index in [0.717, 1.165) is 24.8 Å². The predicted molar refractivity (Wildman–Crippen MR) is 99.3 cm³/mol. The van der Waals surface area contributed by atoms with Crippen LogP contribution < -0.4 is 5.32 Å². The molecule has 4 rings (SSSR count). The monoisotopic (exact) mass is 369 g/mol. The van der Waals surface area contributed by atoms with Gasteiger partial charge in [-0.2, -0.15) is 0 Å². The van der Waals surface area contributed by atoms with Gasteiger partial charge in [0.2, 0.25) is 0 Å². The zero-order valence-electron chi connectivity index (χ0n) is 15.9. The molecule has 1 heterocycles. The van der Waals surface area contributed by atoms with Crippen LogP contribution in [-0.2, 0) is 12.0 Å². The fraction of sp³-hybridized carbons (Fsp3) is 0.455. The van der Waals surface area contributed by atoms with E-state index in [1.807, 2.05) is 13.8 Å². The smallest absolute Gasteiger partial charge is 0.287 e. The number of amides is 1. The molecule has 1 aromatic heterocycles. The van der Waals surface area contributed by atoms with Crippen molar-refractivity contribution in [3.8, 4) is 0 Å². The molecule has 5 heteroatoms. The molecule has 1 N–H and O–H groups in total. The van der Waals surface area contributed by atoms with Crippen molar-refractivity contribution in [2.45, 2.75) is 58.4 Å². The van der Waals surface area contributed by atoms with Crippen LogP contribution in [0, 0.1) is 18.2 Å². The first-order valence-corrected chi connectivity index (χ1v) is 9.45. The lowest BCUT2D eigenvalue weighted by Gasteiger charge is -2.43. The molecule has 2 aromatic rings. The fourth-order valence-electron chi connectivity index (χ4n) is 4.36. The number of furan rings is 1. The topological polar surface area (TPSA) is 59.3 Å². The normalized spacial score (nSPS) is 19.9. The number of carbonyl (C=O) groups is 2. The lowest BCUT2D eigenvalue weighted by atomic mass is 9.71. The average Bonchev–Trinajstić information content (AvgIpc) is 2.87. The molecule has 0 atom stereocenters. The molecule has 1 aromatic carbocycles. The van der Waals surface area contributed by atoms with Gasteiger partial charge < -0.3 is 9.73 Å². The number of Topliss-reactive ketones (excluding diaryl/α,β-unsaturated/α-hetero) is 1. The van der Waals surface area contributed by atoms with Crippen LogP contribution in [0.1, 0.15) is 77.3 Å². The largest absolute Gasteiger partial charge is 0.455 e. The van der Waals surface area contributed by atoms with Crippen LogP contribution in [0.5, 0.6) is 0 Å². The van der Waals surface area contributed by atoms with Crippen LogP contribution in [0.25, 0.3) is 0 Å². The summed E-state index contributed by atoms with van der Waals surface area (Å²) in [6.07, 6.45) is 3.70. The SMILES string of the molecule is Cc1c(C(=O)NC2(c3ccc(F)cc3)CCC2)oc2c1C(=O)CC(C)(C)C2. The van der Waals surface area contributed by atoms with Crippen molar-refractivity contribution < 1.29 is 18.4 Å². The number of carbonyl (C=O) groups excluding carboxylic acids is 2. The molecule has 0 radical (unpaired) electrons. The quantitative estimate of drug-likeness (QED) is 0.854. The average molecular weight is 369 g/mol. The van der Waals surface area contributed by atoms with Crippen LogP contribution in [-0.4, -0.2) is 11.7 Å². The van der Waals surface area contributed by atoms with E-state index >= 15 is 0 Å². The van der Waals surface area contributed by atoms with Crippen molar-refractivity contribution in [3.05, 3.63) is 58.3 Å². The number of benzene rings is 1. The Bertz CT molecular complexity index is 920. The molecule has 142 valence electrons. The third-order valence-corrected chi connectivity index (χ3v) is 5.94. The molecule has 0 aliphatic heterocycles. The number of nitrogens with one attached hydrogen (secondary N) is 1. The van der Waals surface area contributed by atoms with Gasteiger partial charge in [0.05, 0.1) is 11.1 Å². The van der Waals surface area contributed by atoms with E-state index in [-0.39, 0.29) is 28.7 Å². The molecule has 0 saturated heterocycles. The summed E-state index contributed by atoms with van der Waals surface area (Å²) in [5.74, 6) is 0.271. The van der Waals surface area contributed by atoms with E-state index in [1.165, 1.54) is 12.1 Å². The highest BCUT2D eigenvalue weighted by Gasteiger charge is 2.42. The number of fused-ring (bicyclic) bond motifs is 1. The first-order chi connectivity index (χ1) is 12.7. The van der Waals surface area contributed by atoms with E-state index < -0.39 is 5.54 Å². The van der Waals surface area contributed by atoms with Gasteiger partial charge in [0.25, 0.3) is 5.91 Å². The molecular formula is C22H24FNO3. The summed E-state index contributed by atoms with van der Waals surface area (Å²) < 4.78 is 19.2. The summed E-state index contributed by atoms with van der Waals surface area (Å²) in [4.78, 5) is 25.5. The summed E-state index contributed by atoms with van der Waals surface area (Å²) in [6.45, 7) is 5.84. The Morgan fingerprint density at radius 2 is 1.81 bits per heavy atom. The van der Waals surface area contributed by atoms with Gasteiger partial charge in [-0.1, -0.05) is 26.0 Å². The molecule has 2 aliphatic rings. The number of halogens is 1. The number of hydrogen-bond donors (Lipinski definition) is 1. The zero-order chi connectivity index (χ0) is 19.4. The molecule has 2 aliphatic carbocycles. The molecule has 4 nitrogen and oxygen atoms in total. The van der Waals surface area contributed by atoms with Gasteiger partial charge in [0.1, 0.15) is 11.6 Å². The standard InChI is InChI=1S/C22H24FNO3/c1-13-18-16(25)11-21(2,3)12-17(18)27-19(13)20(26)24-22(9-4-10-22)14-5-7-15(23)8-6-14/h5-8H,4,9-12H2,1-3H3,(H,24,26). The molecule has 27 heavy (non-hydrogen) atoms. The molecule has 0 unspecified atom stereocenters. The van der Waals surface area contributed by atoms with E-state index in [2.05, 4.69) is 5.32 Å². The Balaban J connectivity index is 1.64. The Hall–Kier alpha value is -2.43. The van der Waals surface area contributed by atoms with Crippen molar-refractivity contribution in [1.29, 1.82) is 0 Å². The van der Waals surface area contributed by atoms with Gasteiger partial charge in [0, 0.05) is 18.4 Å². The Morgan fingerprint density at radius 1 is 1.15 bits per heavy atom. The minimum atomic E-state index is -0.492. The lowest BCUT2D eigenvalue weighted by Crippen LogP contribution is -2.50. The van der Waals surface area contributed by atoms with Crippen LogP contribution in [0.4, 0.5) is 4.39 Å². The first kappa shape index (κ1) is 18.0. The summed E-state index contributed by atoms with van der Waals surface area (Å²) in [5, 5.41) is 3.10. The summed E-state index contributed by atoms with van der Waals surface area (Å²) in [7, 11) is 0. The van der Waals surface area contributed by atoms with E-state index in [1.54, 1.807) is 19.1 Å². The predicted octanol–water partition coefficient (Wildman–Crippen LogP) is 4.69. The number of hydrogen-bond acceptors (Lipinski definition) is 3. The van der Waals surface area contributed by atoms with Crippen LogP contribution in [0.3, 0.4) is 0 Å². The Kier molecular flexibility index (Phi) is 4.02. The van der Waals surface area contributed by atoms with Crippen molar-refractivity contribution >= 4 is 11.7 Å². The highest BCUT2D eigenvalue weighted by Crippen LogP contribution is 2.42. The minimum Gasteiger partial charge on any atom is -0.455 e. The molecule has 1 amide bonds. The molecule has 0 spiro atoms. The van der Waals surface area contributed by atoms with Gasteiger partial charge in [0.15, 0.2) is 11.5 Å². The maximum Gasteiger partial charge on any atom is 0.287 e. The maximum atomic E-state index is 13.3.